The summed E-state index contributed by atoms with van der Waals surface area (Å²) < 4.78 is 23.0. The number of rotatable bonds is 2. The average molecular weight is 344 g/mol. The first-order valence-corrected chi connectivity index (χ1v) is 9.51. The molecule has 0 radical (unpaired) electrons. The van der Waals surface area contributed by atoms with Crippen molar-refractivity contribution in [3.8, 4) is 0 Å². The zero-order valence-corrected chi connectivity index (χ0v) is 13.7. The minimum atomic E-state index is -3.02. The predicted molar refractivity (Wildman–Crippen MR) is 84.8 cm³/mol. The Kier molecular flexibility index (Phi) is 4.27. The lowest BCUT2D eigenvalue weighted by atomic mass is 10.1. The van der Waals surface area contributed by atoms with Gasteiger partial charge in [0.05, 0.1) is 22.4 Å². The van der Waals surface area contributed by atoms with Gasteiger partial charge in [0.15, 0.2) is 9.84 Å². The summed E-state index contributed by atoms with van der Waals surface area (Å²) in [6.45, 7) is 2.45. The van der Waals surface area contributed by atoms with Crippen LogP contribution >= 0.6 is 11.6 Å². The lowest BCUT2D eigenvalue weighted by Crippen LogP contribution is -2.50. The van der Waals surface area contributed by atoms with Crippen LogP contribution in [-0.2, 0) is 14.6 Å². The number of halogens is 1. The molecule has 0 saturated carbocycles. The Bertz CT molecular complexity index is 672. The van der Waals surface area contributed by atoms with E-state index in [0.29, 0.717) is 37.6 Å². The van der Waals surface area contributed by atoms with Gasteiger partial charge in [0, 0.05) is 32.4 Å². The standard InChI is InChI=1S/C14H18ClN3O3S/c15-12-2-1-4-16-13(12)17-5-7-18(8-6-17)14(19)11-3-9-22(20,21)10-11/h1-2,4,11H,3,5-10H2. The van der Waals surface area contributed by atoms with Crippen molar-refractivity contribution in [2.45, 2.75) is 6.42 Å². The van der Waals surface area contributed by atoms with E-state index in [4.69, 9.17) is 11.6 Å². The van der Waals surface area contributed by atoms with Crippen LogP contribution in [0.15, 0.2) is 18.3 Å². The highest BCUT2D eigenvalue weighted by atomic mass is 35.5. The molecule has 2 aliphatic heterocycles. The lowest BCUT2D eigenvalue weighted by Gasteiger charge is -2.36. The van der Waals surface area contributed by atoms with Crippen molar-refractivity contribution in [2.75, 3.05) is 42.6 Å². The van der Waals surface area contributed by atoms with E-state index in [1.807, 2.05) is 0 Å². The fraction of sp³-hybridized carbons (Fsp3) is 0.571. The average Bonchev–Trinajstić information content (AvgIpc) is 2.87. The summed E-state index contributed by atoms with van der Waals surface area (Å²) in [5.41, 5.74) is 0. The fourth-order valence-corrected chi connectivity index (χ4v) is 4.97. The highest BCUT2D eigenvalue weighted by Gasteiger charge is 2.36. The molecular formula is C14H18ClN3O3S. The number of sulfone groups is 1. The maximum Gasteiger partial charge on any atom is 0.226 e. The Hall–Kier alpha value is -1.34. The highest BCUT2D eigenvalue weighted by Crippen LogP contribution is 2.25. The number of anilines is 1. The number of hydrogen-bond donors (Lipinski definition) is 0. The summed E-state index contributed by atoms with van der Waals surface area (Å²) >= 11 is 6.14. The number of amides is 1. The third-order valence-corrected chi connectivity index (χ3v) is 6.27. The summed E-state index contributed by atoms with van der Waals surface area (Å²) in [5, 5.41) is 0.601. The van der Waals surface area contributed by atoms with Gasteiger partial charge in [0.1, 0.15) is 5.82 Å². The number of carbonyl (C=O) groups is 1. The van der Waals surface area contributed by atoms with Crippen molar-refractivity contribution in [1.82, 2.24) is 9.88 Å². The summed E-state index contributed by atoms with van der Waals surface area (Å²) in [4.78, 5) is 20.5. The van der Waals surface area contributed by atoms with Crippen LogP contribution in [0.1, 0.15) is 6.42 Å². The summed E-state index contributed by atoms with van der Waals surface area (Å²) in [7, 11) is -3.02. The van der Waals surface area contributed by atoms with Gasteiger partial charge < -0.3 is 9.80 Å². The van der Waals surface area contributed by atoms with Gasteiger partial charge in [0.2, 0.25) is 5.91 Å². The van der Waals surface area contributed by atoms with Crippen LogP contribution in [0.2, 0.25) is 5.02 Å². The second kappa shape index (κ2) is 6.04. The van der Waals surface area contributed by atoms with Crippen molar-refractivity contribution < 1.29 is 13.2 Å². The molecule has 0 bridgehead atoms. The van der Waals surface area contributed by atoms with Crippen molar-refractivity contribution >= 4 is 33.2 Å². The van der Waals surface area contributed by atoms with Crippen molar-refractivity contribution in [3.63, 3.8) is 0 Å². The van der Waals surface area contributed by atoms with Gasteiger partial charge in [0.25, 0.3) is 0 Å². The van der Waals surface area contributed by atoms with Gasteiger partial charge in [-0.25, -0.2) is 13.4 Å². The zero-order valence-electron chi connectivity index (χ0n) is 12.1. The maximum absolute atomic E-state index is 12.4. The smallest absolute Gasteiger partial charge is 0.226 e. The van der Waals surface area contributed by atoms with Crippen LogP contribution in [0, 0.1) is 5.92 Å². The van der Waals surface area contributed by atoms with Crippen LogP contribution in [0.3, 0.4) is 0 Å². The Labute approximate surface area is 135 Å². The van der Waals surface area contributed by atoms with E-state index in [9.17, 15) is 13.2 Å². The largest absolute Gasteiger partial charge is 0.352 e. The third-order valence-electron chi connectivity index (χ3n) is 4.21. The Morgan fingerprint density at radius 1 is 1.27 bits per heavy atom. The quantitative estimate of drug-likeness (QED) is 0.795. The zero-order chi connectivity index (χ0) is 15.7. The lowest BCUT2D eigenvalue weighted by molar-refractivity contribution is -0.135. The van der Waals surface area contributed by atoms with E-state index in [0.717, 1.165) is 5.82 Å². The van der Waals surface area contributed by atoms with E-state index < -0.39 is 9.84 Å². The van der Waals surface area contributed by atoms with E-state index >= 15 is 0 Å². The molecule has 2 aliphatic rings. The number of hydrogen-bond acceptors (Lipinski definition) is 5. The van der Waals surface area contributed by atoms with E-state index in [2.05, 4.69) is 9.88 Å². The highest BCUT2D eigenvalue weighted by molar-refractivity contribution is 7.91. The second-order valence-corrected chi connectivity index (χ2v) is 8.36. The molecule has 0 N–H and O–H groups in total. The molecule has 22 heavy (non-hydrogen) atoms. The number of piperazine rings is 1. The monoisotopic (exact) mass is 343 g/mol. The second-order valence-electron chi connectivity index (χ2n) is 5.72. The van der Waals surface area contributed by atoms with E-state index in [-0.39, 0.29) is 23.3 Å². The molecule has 1 aromatic rings. The summed E-state index contributed by atoms with van der Waals surface area (Å²) in [5.74, 6) is 0.466. The van der Waals surface area contributed by atoms with E-state index in [1.165, 1.54) is 0 Å². The maximum atomic E-state index is 12.4. The van der Waals surface area contributed by atoms with Gasteiger partial charge in [-0.2, -0.15) is 0 Å². The molecule has 2 saturated heterocycles. The molecule has 6 nitrogen and oxygen atoms in total. The van der Waals surface area contributed by atoms with Gasteiger partial charge in [-0.05, 0) is 18.6 Å². The summed E-state index contributed by atoms with van der Waals surface area (Å²) in [6.07, 6.45) is 2.15. The summed E-state index contributed by atoms with van der Waals surface area (Å²) in [6, 6.07) is 3.58. The van der Waals surface area contributed by atoms with Crippen molar-refractivity contribution in [3.05, 3.63) is 23.4 Å². The fourth-order valence-electron chi connectivity index (χ4n) is 3.00. The van der Waals surface area contributed by atoms with E-state index in [1.54, 1.807) is 23.2 Å². The Balaban J connectivity index is 1.60. The SMILES string of the molecule is O=C(C1CCS(=O)(=O)C1)N1CCN(c2ncccc2Cl)CC1. The third kappa shape index (κ3) is 3.20. The van der Waals surface area contributed by atoms with Crippen LogP contribution in [0.5, 0.6) is 0 Å². The van der Waals surface area contributed by atoms with Crippen LogP contribution in [0.25, 0.3) is 0 Å². The van der Waals surface area contributed by atoms with Gasteiger partial charge in [-0.1, -0.05) is 11.6 Å². The van der Waals surface area contributed by atoms with Gasteiger partial charge >= 0.3 is 0 Å². The molecular weight excluding hydrogens is 326 g/mol. The number of aromatic nitrogens is 1. The molecule has 1 atom stereocenters. The first-order valence-electron chi connectivity index (χ1n) is 7.31. The number of nitrogens with zero attached hydrogens (tertiary/aromatic N) is 3. The van der Waals surface area contributed by atoms with Crippen LogP contribution in [-0.4, -0.2) is 61.9 Å². The van der Waals surface area contributed by atoms with Gasteiger partial charge in [-0.3, -0.25) is 4.79 Å². The molecule has 1 unspecified atom stereocenters. The Morgan fingerprint density at radius 2 is 2.00 bits per heavy atom. The molecule has 1 amide bonds. The Morgan fingerprint density at radius 3 is 2.59 bits per heavy atom. The topological polar surface area (TPSA) is 70.6 Å². The van der Waals surface area contributed by atoms with Crippen LogP contribution < -0.4 is 4.90 Å². The molecule has 120 valence electrons. The molecule has 2 fully saturated rings. The first kappa shape index (κ1) is 15.6. The normalized spacial score (nSPS) is 24.5. The molecule has 3 heterocycles. The molecule has 0 aliphatic carbocycles. The molecule has 0 aromatic carbocycles. The number of carbonyl (C=O) groups excluding carboxylic acids is 1. The van der Waals surface area contributed by atoms with Crippen molar-refractivity contribution in [2.24, 2.45) is 5.92 Å². The van der Waals surface area contributed by atoms with Crippen molar-refractivity contribution in [1.29, 1.82) is 0 Å². The minimum absolute atomic E-state index is 0.00187. The predicted octanol–water partition coefficient (Wildman–Crippen LogP) is 0.818. The number of pyridine rings is 1. The first-order chi connectivity index (χ1) is 10.5. The molecule has 1 aromatic heterocycles. The van der Waals surface area contributed by atoms with Crippen LogP contribution in [0.4, 0.5) is 5.82 Å². The molecule has 0 spiro atoms. The molecule has 8 heteroatoms. The molecule has 3 rings (SSSR count). The van der Waals surface area contributed by atoms with Gasteiger partial charge in [-0.15, -0.1) is 0 Å². The minimum Gasteiger partial charge on any atom is -0.352 e.